The van der Waals surface area contributed by atoms with Gasteiger partial charge in [0.05, 0.1) is 0 Å². The van der Waals surface area contributed by atoms with Crippen molar-refractivity contribution in [3.8, 4) is 0 Å². The van der Waals surface area contributed by atoms with E-state index in [4.69, 9.17) is 0 Å². The number of hydrogen-bond acceptors (Lipinski definition) is 2. The van der Waals surface area contributed by atoms with Gasteiger partial charge >= 0.3 is 0 Å². The van der Waals surface area contributed by atoms with E-state index in [1.165, 1.54) is 28.8 Å². The summed E-state index contributed by atoms with van der Waals surface area (Å²) in [5.74, 6) is 0.587. The molecule has 1 heterocycles. The Kier molecular flexibility index (Phi) is 3.64. The number of anilines is 1. The summed E-state index contributed by atoms with van der Waals surface area (Å²) in [6, 6.07) is 4.81. The quantitative estimate of drug-likeness (QED) is 0.831. The van der Waals surface area contributed by atoms with Crippen molar-refractivity contribution in [3.63, 3.8) is 0 Å². The first kappa shape index (κ1) is 17.1. The van der Waals surface area contributed by atoms with Gasteiger partial charge in [-0.2, -0.15) is 0 Å². The minimum Gasteiger partial charge on any atom is -0.388 e. The molecule has 2 unspecified atom stereocenters. The molecule has 2 aliphatic carbocycles. The van der Waals surface area contributed by atoms with Crippen LogP contribution in [0, 0.1) is 37.5 Å². The molecular formula is C22H33N2O+. The molecule has 2 fully saturated rings. The Hall–Kier alpha value is -1.35. The van der Waals surface area contributed by atoms with Gasteiger partial charge in [-0.15, -0.1) is 0 Å². The lowest BCUT2D eigenvalue weighted by atomic mass is 9.70. The number of nitrogens with zero attached hydrogens (tertiary/aromatic N) is 2. The Balaban J connectivity index is 1.68. The van der Waals surface area contributed by atoms with Gasteiger partial charge in [-0.05, 0) is 50.2 Å². The molecule has 1 aromatic rings. The van der Waals surface area contributed by atoms with Crippen LogP contribution in [-0.2, 0) is 0 Å². The van der Waals surface area contributed by atoms with Crippen LogP contribution in [0.1, 0.15) is 50.3 Å². The molecular weight excluding hydrogens is 308 g/mol. The van der Waals surface area contributed by atoms with E-state index in [2.05, 4.69) is 69.5 Å². The van der Waals surface area contributed by atoms with Crippen molar-refractivity contribution in [1.29, 1.82) is 0 Å². The molecule has 4 rings (SSSR count). The van der Waals surface area contributed by atoms with Gasteiger partial charge in [0, 0.05) is 11.3 Å². The fourth-order valence-corrected chi connectivity index (χ4v) is 6.24. The lowest BCUT2D eigenvalue weighted by Crippen LogP contribution is -2.45. The van der Waals surface area contributed by atoms with Crippen LogP contribution in [0.5, 0.6) is 0 Å². The van der Waals surface area contributed by atoms with Crippen LogP contribution in [0.15, 0.2) is 12.1 Å². The standard InChI is InChI=1S/C22H33N2O/c1-14-11-15(2)18(16(3)12-14)23-9-10-24(13-23)19-17-7-8-22(6,20(19)25)21(17,4)5/h11-13,17,19-20,25H,7-10H2,1-6H3/q+1/t17?,19-,20-,22?/m0/s1. The molecule has 3 nitrogen and oxygen atoms in total. The molecule has 1 N–H and O–H groups in total. The number of aliphatic hydroxyl groups is 1. The van der Waals surface area contributed by atoms with E-state index in [9.17, 15) is 5.11 Å². The maximum Gasteiger partial charge on any atom is 0.239 e. The largest absolute Gasteiger partial charge is 0.388 e. The van der Waals surface area contributed by atoms with Crippen LogP contribution >= 0.6 is 0 Å². The van der Waals surface area contributed by atoms with Crippen LogP contribution in [0.4, 0.5) is 5.69 Å². The van der Waals surface area contributed by atoms with E-state index < -0.39 is 0 Å². The van der Waals surface area contributed by atoms with Crippen molar-refractivity contribution in [1.82, 2.24) is 0 Å². The van der Waals surface area contributed by atoms with Gasteiger partial charge in [0.15, 0.2) is 0 Å². The zero-order valence-corrected chi connectivity index (χ0v) is 16.6. The van der Waals surface area contributed by atoms with Gasteiger partial charge in [0.1, 0.15) is 30.9 Å². The first-order valence-electron chi connectivity index (χ1n) is 9.80. The average molecular weight is 342 g/mol. The molecule has 25 heavy (non-hydrogen) atoms. The SMILES string of the molecule is Cc1cc(C)c(N2C=[N+]([C@H]3C4CCC(C)([C@H]3O)C4(C)C)CC2)c(C)c1. The van der Waals surface area contributed by atoms with Crippen molar-refractivity contribution >= 4 is 12.0 Å². The number of aryl methyl sites for hydroxylation is 3. The van der Waals surface area contributed by atoms with E-state index in [1.807, 2.05) is 0 Å². The second kappa shape index (κ2) is 5.33. The third kappa shape index (κ3) is 2.17. The lowest BCUT2D eigenvalue weighted by Gasteiger charge is -2.36. The van der Waals surface area contributed by atoms with E-state index in [1.54, 1.807) is 0 Å². The van der Waals surface area contributed by atoms with Crippen LogP contribution in [0.3, 0.4) is 0 Å². The van der Waals surface area contributed by atoms with Crippen molar-refractivity contribution in [2.45, 2.75) is 66.5 Å². The molecule has 0 amide bonds. The Morgan fingerprint density at radius 3 is 2.32 bits per heavy atom. The Bertz CT molecular complexity index is 727. The van der Waals surface area contributed by atoms with Gasteiger partial charge in [-0.3, -0.25) is 4.58 Å². The molecule has 3 aliphatic rings. The summed E-state index contributed by atoms with van der Waals surface area (Å²) in [6.45, 7) is 15.7. The zero-order valence-electron chi connectivity index (χ0n) is 16.6. The van der Waals surface area contributed by atoms with Gasteiger partial charge < -0.3 is 5.11 Å². The highest BCUT2D eigenvalue weighted by Crippen LogP contribution is 2.66. The van der Waals surface area contributed by atoms with Gasteiger partial charge in [0.25, 0.3) is 0 Å². The van der Waals surface area contributed by atoms with Crippen LogP contribution in [0.2, 0.25) is 0 Å². The molecule has 0 aromatic heterocycles. The highest BCUT2D eigenvalue weighted by atomic mass is 16.3. The van der Waals surface area contributed by atoms with Crippen molar-refractivity contribution in [3.05, 3.63) is 28.8 Å². The first-order chi connectivity index (χ1) is 11.7. The second-order valence-corrected chi connectivity index (χ2v) is 9.51. The number of fused-ring (bicyclic) bond motifs is 2. The minimum absolute atomic E-state index is 0.0548. The van der Waals surface area contributed by atoms with Gasteiger partial charge in [0.2, 0.25) is 6.34 Å². The average Bonchev–Trinajstić information content (AvgIpc) is 3.09. The molecule has 1 aliphatic heterocycles. The summed E-state index contributed by atoms with van der Waals surface area (Å²) in [5.41, 5.74) is 5.63. The Morgan fingerprint density at radius 2 is 1.76 bits per heavy atom. The summed E-state index contributed by atoms with van der Waals surface area (Å²) in [5, 5.41) is 11.2. The minimum atomic E-state index is -0.224. The van der Waals surface area contributed by atoms with Gasteiger partial charge in [-0.1, -0.05) is 38.5 Å². The van der Waals surface area contributed by atoms with E-state index in [0.717, 1.165) is 19.5 Å². The third-order valence-corrected chi connectivity index (χ3v) is 7.95. The molecule has 3 heteroatoms. The molecule has 2 saturated carbocycles. The molecule has 2 bridgehead atoms. The van der Waals surface area contributed by atoms with E-state index in [-0.39, 0.29) is 23.0 Å². The predicted octanol–water partition coefficient (Wildman–Crippen LogP) is 3.66. The second-order valence-electron chi connectivity index (χ2n) is 9.51. The van der Waals surface area contributed by atoms with Gasteiger partial charge in [-0.25, -0.2) is 4.90 Å². The van der Waals surface area contributed by atoms with Crippen LogP contribution in [-0.4, -0.2) is 41.3 Å². The Labute approximate surface area is 152 Å². The smallest absolute Gasteiger partial charge is 0.239 e. The predicted molar refractivity (Wildman–Crippen MR) is 104 cm³/mol. The molecule has 1 aromatic carbocycles. The van der Waals surface area contributed by atoms with E-state index in [0.29, 0.717) is 5.92 Å². The van der Waals surface area contributed by atoms with Crippen molar-refractivity contribution in [2.75, 3.05) is 18.0 Å². The fraction of sp³-hybridized carbons (Fsp3) is 0.682. The first-order valence-corrected chi connectivity index (χ1v) is 9.80. The normalized spacial score (nSPS) is 36.2. The third-order valence-electron chi connectivity index (χ3n) is 7.95. The summed E-state index contributed by atoms with van der Waals surface area (Å²) < 4.78 is 2.44. The Morgan fingerprint density at radius 1 is 1.12 bits per heavy atom. The van der Waals surface area contributed by atoms with Crippen LogP contribution < -0.4 is 4.90 Å². The number of rotatable bonds is 2. The highest BCUT2D eigenvalue weighted by Gasteiger charge is 2.68. The van der Waals surface area contributed by atoms with Crippen molar-refractivity contribution < 1.29 is 9.68 Å². The monoisotopic (exact) mass is 341 g/mol. The van der Waals surface area contributed by atoms with Crippen LogP contribution in [0.25, 0.3) is 0 Å². The zero-order chi connectivity index (χ0) is 18.1. The maximum absolute atomic E-state index is 11.2. The van der Waals surface area contributed by atoms with Crippen molar-refractivity contribution in [2.24, 2.45) is 16.7 Å². The molecule has 136 valence electrons. The number of benzene rings is 1. The number of hydrogen-bond donors (Lipinski definition) is 1. The topological polar surface area (TPSA) is 26.5 Å². The molecule has 0 radical (unpaired) electrons. The number of aliphatic hydroxyl groups excluding tert-OH is 1. The maximum atomic E-state index is 11.2. The molecule has 0 saturated heterocycles. The highest BCUT2D eigenvalue weighted by molar-refractivity contribution is 5.81. The summed E-state index contributed by atoms with van der Waals surface area (Å²) >= 11 is 0. The summed E-state index contributed by atoms with van der Waals surface area (Å²) in [7, 11) is 0. The fourth-order valence-electron chi connectivity index (χ4n) is 6.24. The summed E-state index contributed by atoms with van der Waals surface area (Å²) in [4.78, 5) is 2.40. The molecule has 4 atom stereocenters. The lowest BCUT2D eigenvalue weighted by molar-refractivity contribution is -0.572. The molecule has 0 spiro atoms. The summed E-state index contributed by atoms with van der Waals surface area (Å²) in [6.07, 6.45) is 4.48. The van der Waals surface area contributed by atoms with E-state index >= 15 is 0 Å².